The van der Waals surface area contributed by atoms with Crippen molar-refractivity contribution in [2.45, 2.75) is 42.0 Å². The Hall–Kier alpha value is -5.82. The molecule has 0 aromatic heterocycles. The lowest BCUT2D eigenvalue weighted by Gasteiger charge is -2.42. The Labute approximate surface area is 294 Å². The molecule has 4 rings (SSSR count). The van der Waals surface area contributed by atoms with Gasteiger partial charge in [-0.2, -0.15) is 52.7 Å². The van der Waals surface area contributed by atoms with Crippen molar-refractivity contribution in [1.82, 2.24) is 0 Å². The van der Waals surface area contributed by atoms with E-state index in [0.29, 0.717) is 24.3 Å². The molecule has 2 amide bonds. The first kappa shape index (κ1) is 40.9. The van der Waals surface area contributed by atoms with E-state index in [2.05, 4.69) is 0 Å². The summed E-state index contributed by atoms with van der Waals surface area (Å²) >= 11 is 0. The molecule has 1 aliphatic rings. The standard InChI is InChI=1S/C34H22F12N2O6/c35-31(36,37)29(32(38,39)40,16-4-2-1-3-5-16)17-6-10-20(11-7-17)48-26(50)22-13-9-19(15-24(22)28(53)54)30(33(41,42)43,34(44,45)46)18-8-12-21(25(47)49)23(14-18)27(51)52/h1-4,6-16H,5H2,(H2,47,49)(H,48,50)(H,51,52)(H,53,54). The van der Waals surface area contributed by atoms with Crippen LogP contribution in [0, 0.1) is 5.92 Å². The third-order valence-corrected chi connectivity index (χ3v) is 8.76. The van der Waals surface area contributed by atoms with Crippen LogP contribution in [0.3, 0.4) is 0 Å². The number of nitrogens with two attached hydrogens (primary N) is 1. The van der Waals surface area contributed by atoms with Gasteiger partial charge in [0.1, 0.15) is 0 Å². The number of carbonyl (C=O) groups excluding carboxylic acids is 2. The Morgan fingerprint density at radius 2 is 1.04 bits per heavy atom. The Balaban J connectivity index is 1.84. The number of hydrogen-bond donors (Lipinski definition) is 4. The molecule has 0 radical (unpaired) electrons. The quantitative estimate of drug-likeness (QED) is 0.161. The second-order valence-corrected chi connectivity index (χ2v) is 11.7. The van der Waals surface area contributed by atoms with Crippen LogP contribution in [0.5, 0.6) is 0 Å². The lowest BCUT2D eigenvalue weighted by molar-refractivity contribution is -0.314. The Kier molecular flexibility index (Phi) is 10.5. The second kappa shape index (κ2) is 13.9. The smallest absolute Gasteiger partial charge is 0.411 e. The number of amides is 2. The molecule has 0 saturated heterocycles. The van der Waals surface area contributed by atoms with E-state index in [4.69, 9.17) is 5.73 Å². The molecule has 8 nitrogen and oxygen atoms in total. The molecular formula is C34H22F12N2O6. The Morgan fingerprint density at radius 1 is 0.593 bits per heavy atom. The van der Waals surface area contributed by atoms with Crippen molar-refractivity contribution in [2.75, 3.05) is 5.32 Å². The van der Waals surface area contributed by atoms with Gasteiger partial charge in [-0.1, -0.05) is 48.6 Å². The number of alkyl halides is 12. The number of nitrogens with one attached hydrogen (secondary N) is 1. The number of carboxylic acids is 2. The van der Waals surface area contributed by atoms with E-state index >= 15 is 0 Å². The van der Waals surface area contributed by atoms with Crippen molar-refractivity contribution in [3.63, 3.8) is 0 Å². The highest BCUT2D eigenvalue weighted by molar-refractivity contribution is 6.11. The van der Waals surface area contributed by atoms with Crippen LogP contribution in [0.15, 0.2) is 85.0 Å². The lowest BCUT2D eigenvalue weighted by Crippen LogP contribution is -2.58. The molecule has 5 N–H and O–H groups in total. The number of allylic oxidation sites excluding steroid dienone is 4. The molecule has 20 heteroatoms. The number of carbonyl (C=O) groups is 4. The largest absolute Gasteiger partial charge is 0.478 e. The molecule has 1 aliphatic carbocycles. The van der Waals surface area contributed by atoms with E-state index in [1.807, 2.05) is 5.32 Å². The first-order valence-corrected chi connectivity index (χ1v) is 14.8. The summed E-state index contributed by atoms with van der Waals surface area (Å²) in [4.78, 5) is 48.6. The molecule has 0 spiro atoms. The molecule has 0 heterocycles. The van der Waals surface area contributed by atoms with E-state index in [9.17, 15) is 82.1 Å². The lowest BCUT2D eigenvalue weighted by atomic mass is 9.66. The fourth-order valence-corrected chi connectivity index (χ4v) is 6.34. The zero-order chi connectivity index (χ0) is 40.8. The molecule has 1 unspecified atom stereocenters. The predicted octanol–water partition coefficient (Wildman–Crippen LogP) is 8.34. The summed E-state index contributed by atoms with van der Waals surface area (Å²) in [5.41, 5.74) is -15.2. The highest BCUT2D eigenvalue weighted by atomic mass is 19.4. The van der Waals surface area contributed by atoms with Crippen LogP contribution in [-0.4, -0.2) is 58.7 Å². The van der Waals surface area contributed by atoms with Gasteiger partial charge < -0.3 is 21.3 Å². The molecule has 0 aliphatic heterocycles. The SMILES string of the molecule is NC(=O)c1ccc(C(c2ccc(C(=O)Nc3ccc(C(C4C=CC=CC4)(C(F)(F)F)C(F)(F)F)cc3)c(C(=O)O)c2)(C(F)(F)F)C(F)(F)F)cc1C(=O)O. The molecule has 3 aromatic carbocycles. The Morgan fingerprint density at radius 3 is 1.43 bits per heavy atom. The first-order valence-electron chi connectivity index (χ1n) is 14.8. The van der Waals surface area contributed by atoms with Gasteiger partial charge in [-0.05, 0) is 59.5 Å². The van der Waals surface area contributed by atoms with Crippen molar-refractivity contribution in [1.29, 1.82) is 0 Å². The summed E-state index contributed by atoms with van der Waals surface area (Å²) in [6, 6.07) is 2.33. The average Bonchev–Trinajstić information content (AvgIpc) is 3.03. The van der Waals surface area contributed by atoms with Crippen LogP contribution in [0.1, 0.15) is 64.5 Å². The van der Waals surface area contributed by atoms with Crippen molar-refractivity contribution < 1.29 is 82.1 Å². The van der Waals surface area contributed by atoms with Gasteiger partial charge in [0, 0.05) is 11.6 Å². The fourth-order valence-electron chi connectivity index (χ4n) is 6.34. The van der Waals surface area contributed by atoms with Gasteiger partial charge in [-0.3, -0.25) is 9.59 Å². The van der Waals surface area contributed by atoms with Crippen molar-refractivity contribution in [3.8, 4) is 0 Å². The van der Waals surface area contributed by atoms with Gasteiger partial charge in [0.2, 0.25) is 11.3 Å². The van der Waals surface area contributed by atoms with Gasteiger partial charge in [-0.25, -0.2) is 9.59 Å². The van der Waals surface area contributed by atoms with Crippen LogP contribution in [-0.2, 0) is 10.8 Å². The van der Waals surface area contributed by atoms with Crippen LogP contribution in [0.25, 0.3) is 0 Å². The minimum atomic E-state index is -6.41. The minimum Gasteiger partial charge on any atom is -0.478 e. The number of rotatable bonds is 9. The van der Waals surface area contributed by atoms with Crippen LogP contribution in [0.2, 0.25) is 0 Å². The third kappa shape index (κ3) is 6.75. The maximum atomic E-state index is 14.8. The zero-order valence-electron chi connectivity index (χ0n) is 26.5. The minimum absolute atomic E-state index is 0.0566. The second-order valence-electron chi connectivity index (χ2n) is 11.7. The highest BCUT2D eigenvalue weighted by Gasteiger charge is 2.74. The molecular weight excluding hydrogens is 760 g/mol. The fraction of sp³-hybridized carbons (Fsp3) is 0.235. The third-order valence-electron chi connectivity index (χ3n) is 8.76. The normalized spacial score (nSPS) is 15.5. The number of hydrogen-bond acceptors (Lipinski definition) is 4. The summed E-state index contributed by atoms with van der Waals surface area (Å²) in [6.07, 6.45) is -21.2. The van der Waals surface area contributed by atoms with E-state index < -0.39 is 116 Å². The summed E-state index contributed by atoms with van der Waals surface area (Å²) in [6.45, 7) is 0. The van der Waals surface area contributed by atoms with Gasteiger partial charge in [0.05, 0.1) is 22.3 Å². The van der Waals surface area contributed by atoms with Gasteiger partial charge in [0.15, 0.2) is 5.41 Å². The predicted molar refractivity (Wildman–Crippen MR) is 163 cm³/mol. The Bertz CT molecular complexity index is 2020. The number of primary amides is 1. The molecule has 3 aromatic rings. The van der Waals surface area contributed by atoms with Crippen LogP contribution in [0.4, 0.5) is 58.4 Å². The number of carboxylic acid groups (broad SMARTS) is 2. The zero-order valence-corrected chi connectivity index (χ0v) is 26.5. The summed E-state index contributed by atoms with van der Waals surface area (Å²) in [5, 5.41) is 21.1. The summed E-state index contributed by atoms with van der Waals surface area (Å²) < 4.78 is 175. The van der Waals surface area contributed by atoms with Gasteiger partial charge in [-0.15, -0.1) is 0 Å². The van der Waals surface area contributed by atoms with Crippen molar-refractivity contribution >= 4 is 29.4 Å². The number of halogens is 12. The summed E-state index contributed by atoms with van der Waals surface area (Å²) in [7, 11) is 0. The molecule has 0 fully saturated rings. The highest BCUT2D eigenvalue weighted by Crippen LogP contribution is 2.59. The molecule has 54 heavy (non-hydrogen) atoms. The summed E-state index contributed by atoms with van der Waals surface area (Å²) in [5.74, 6) is -9.67. The van der Waals surface area contributed by atoms with E-state index in [1.54, 1.807) is 0 Å². The molecule has 288 valence electrons. The number of anilines is 1. The first-order chi connectivity index (χ1) is 24.7. The molecule has 1 atom stereocenters. The van der Waals surface area contributed by atoms with Crippen molar-refractivity contribution in [3.05, 3.63) is 124 Å². The number of aromatic carboxylic acids is 2. The van der Waals surface area contributed by atoms with Crippen molar-refractivity contribution in [2.24, 2.45) is 11.7 Å². The maximum absolute atomic E-state index is 14.8. The maximum Gasteiger partial charge on any atom is 0.411 e. The van der Waals surface area contributed by atoms with E-state index in [-0.39, 0.29) is 36.4 Å². The molecule has 0 bridgehead atoms. The topological polar surface area (TPSA) is 147 Å². The van der Waals surface area contributed by atoms with Gasteiger partial charge >= 0.3 is 36.6 Å². The van der Waals surface area contributed by atoms with E-state index in [0.717, 1.165) is 18.2 Å². The van der Waals surface area contributed by atoms with Crippen LogP contribution >= 0.6 is 0 Å². The number of benzene rings is 3. The molecule has 0 saturated carbocycles. The van der Waals surface area contributed by atoms with Crippen LogP contribution < -0.4 is 11.1 Å². The van der Waals surface area contributed by atoms with Gasteiger partial charge in [0.25, 0.3) is 5.91 Å². The monoisotopic (exact) mass is 782 g/mol. The van der Waals surface area contributed by atoms with E-state index in [1.165, 1.54) is 6.08 Å². The average molecular weight is 783 g/mol.